The molecule has 7 nitrogen and oxygen atoms in total. The van der Waals surface area contributed by atoms with Gasteiger partial charge in [-0.05, 0) is 45.0 Å². The van der Waals surface area contributed by atoms with E-state index in [1.807, 2.05) is 13.0 Å². The minimum Gasteiger partial charge on any atom is -0.497 e. The molecule has 0 aliphatic rings. The number of ether oxygens (including phenoxy) is 3. The quantitative estimate of drug-likeness (QED) is 0.676. The Morgan fingerprint density at radius 3 is 2.14 bits per heavy atom. The van der Waals surface area contributed by atoms with E-state index in [0.717, 1.165) is 0 Å². The van der Waals surface area contributed by atoms with Crippen molar-refractivity contribution in [1.29, 1.82) is 0 Å². The summed E-state index contributed by atoms with van der Waals surface area (Å²) in [6.45, 7) is 5.42. The second-order valence-electron chi connectivity index (χ2n) is 6.53. The third kappa shape index (κ3) is 4.73. The van der Waals surface area contributed by atoms with Crippen LogP contribution >= 0.6 is 0 Å². The molecule has 0 bridgehead atoms. The molecule has 0 aromatic heterocycles. The molecule has 0 saturated carbocycles. The number of para-hydroxylation sites is 2. The van der Waals surface area contributed by atoms with Gasteiger partial charge in [-0.25, -0.2) is 0 Å². The highest BCUT2D eigenvalue weighted by Gasteiger charge is 2.37. The first kappa shape index (κ1) is 21.1. The summed E-state index contributed by atoms with van der Waals surface area (Å²) in [5.74, 6) is 0.629. The molecule has 7 heteroatoms. The summed E-state index contributed by atoms with van der Waals surface area (Å²) in [6.07, 6.45) is 0. The largest absolute Gasteiger partial charge is 0.497 e. The molecular formula is C21H26N2O5. The topological polar surface area (TPSA) is 85.9 Å². The second kappa shape index (κ2) is 9.12. The van der Waals surface area contributed by atoms with E-state index in [2.05, 4.69) is 10.6 Å². The van der Waals surface area contributed by atoms with E-state index < -0.39 is 17.2 Å². The zero-order valence-corrected chi connectivity index (χ0v) is 16.8. The zero-order chi connectivity index (χ0) is 20.7. The van der Waals surface area contributed by atoms with Crippen LogP contribution in [-0.4, -0.2) is 32.6 Å². The summed E-state index contributed by atoms with van der Waals surface area (Å²) in [4.78, 5) is 25.7. The molecule has 0 spiro atoms. The molecule has 2 aromatic rings. The van der Waals surface area contributed by atoms with Gasteiger partial charge < -0.3 is 24.8 Å². The molecule has 0 atom stereocenters. The number of carbonyl (C=O) groups excluding carboxylic acids is 2. The molecule has 0 aliphatic heterocycles. The number of nitrogens with one attached hydrogen (secondary N) is 2. The van der Waals surface area contributed by atoms with Gasteiger partial charge in [-0.1, -0.05) is 12.1 Å². The van der Waals surface area contributed by atoms with Gasteiger partial charge in [0.2, 0.25) is 11.8 Å². The van der Waals surface area contributed by atoms with Crippen molar-refractivity contribution in [2.45, 2.75) is 20.8 Å². The maximum absolute atomic E-state index is 12.8. The van der Waals surface area contributed by atoms with E-state index >= 15 is 0 Å². The molecular weight excluding hydrogens is 360 g/mol. The first-order chi connectivity index (χ1) is 13.3. The molecule has 0 fully saturated rings. The van der Waals surface area contributed by atoms with Crippen LogP contribution in [0.2, 0.25) is 0 Å². The Hall–Kier alpha value is -3.22. The van der Waals surface area contributed by atoms with Gasteiger partial charge in [-0.3, -0.25) is 9.59 Å². The van der Waals surface area contributed by atoms with E-state index in [9.17, 15) is 9.59 Å². The maximum atomic E-state index is 12.8. The van der Waals surface area contributed by atoms with E-state index in [0.29, 0.717) is 35.2 Å². The number of hydrogen-bond acceptors (Lipinski definition) is 5. The van der Waals surface area contributed by atoms with Crippen LogP contribution in [-0.2, 0) is 9.59 Å². The normalized spacial score (nSPS) is 10.8. The van der Waals surface area contributed by atoms with Crippen LogP contribution in [0.5, 0.6) is 17.2 Å². The molecule has 2 N–H and O–H groups in total. The van der Waals surface area contributed by atoms with Crippen molar-refractivity contribution in [2.24, 2.45) is 5.41 Å². The molecule has 2 rings (SSSR count). The summed E-state index contributed by atoms with van der Waals surface area (Å²) in [7, 11) is 3.03. The first-order valence-corrected chi connectivity index (χ1v) is 8.90. The predicted molar refractivity (Wildman–Crippen MR) is 108 cm³/mol. The van der Waals surface area contributed by atoms with Crippen molar-refractivity contribution in [1.82, 2.24) is 0 Å². The van der Waals surface area contributed by atoms with E-state index in [1.165, 1.54) is 14.2 Å². The van der Waals surface area contributed by atoms with Crippen LogP contribution in [0.1, 0.15) is 20.8 Å². The Balaban J connectivity index is 2.20. The molecule has 0 aliphatic carbocycles. The van der Waals surface area contributed by atoms with Gasteiger partial charge in [-0.2, -0.15) is 0 Å². The lowest BCUT2D eigenvalue weighted by Gasteiger charge is -2.24. The molecule has 150 valence electrons. The molecule has 28 heavy (non-hydrogen) atoms. The molecule has 2 aromatic carbocycles. The average Bonchev–Trinajstić information content (AvgIpc) is 2.69. The van der Waals surface area contributed by atoms with E-state index in [-0.39, 0.29) is 0 Å². The lowest BCUT2D eigenvalue weighted by molar-refractivity contribution is -0.135. The number of amides is 2. The number of anilines is 2. The standard InChI is InChI=1S/C21H26N2O5/c1-6-28-18-10-8-7-9-15(18)22-19(24)21(2,3)20(25)23-16-13-14(26-4)11-12-17(16)27-5/h7-13H,6H2,1-5H3,(H,22,24)(H,23,25). The van der Waals surface area contributed by atoms with Gasteiger partial charge in [0.05, 0.1) is 32.2 Å². The van der Waals surface area contributed by atoms with Crippen molar-refractivity contribution in [3.05, 3.63) is 42.5 Å². The molecule has 0 heterocycles. The summed E-state index contributed by atoms with van der Waals surface area (Å²) in [5.41, 5.74) is -0.426. The van der Waals surface area contributed by atoms with Gasteiger partial charge in [-0.15, -0.1) is 0 Å². The first-order valence-electron chi connectivity index (χ1n) is 8.90. The number of rotatable bonds is 8. The lowest BCUT2D eigenvalue weighted by Crippen LogP contribution is -2.41. The SMILES string of the molecule is CCOc1ccccc1NC(=O)C(C)(C)C(=O)Nc1cc(OC)ccc1OC. The molecule has 0 radical (unpaired) electrons. The summed E-state index contributed by atoms with van der Waals surface area (Å²) in [6, 6.07) is 12.1. The van der Waals surface area contributed by atoms with E-state index in [1.54, 1.807) is 50.2 Å². The highest BCUT2D eigenvalue weighted by atomic mass is 16.5. The monoisotopic (exact) mass is 386 g/mol. The highest BCUT2D eigenvalue weighted by molar-refractivity contribution is 6.14. The Morgan fingerprint density at radius 1 is 0.893 bits per heavy atom. The van der Waals surface area contributed by atoms with Crippen molar-refractivity contribution in [3.63, 3.8) is 0 Å². The Bertz CT molecular complexity index is 848. The van der Waals surface area contributed by atoms with Crippen LogP contribution < -0.4 is 24.8 Å². The minimum absolute atomic E-state index is 0.419. The van der Waals surface area contributed by atoms with Gasteiger partial charge >= 0.3 is 0 Å². The van der Waals surface area contributed by atoms with Crippen molar-refractivity contribution in [3.8, 4) is 17.2 Å². The van der Waals surface area contributed by atoms with Crippen LogP contribution in [0, 0.1) is 5.41 Å². The minimum atomic E-state index is -1.35. The fourth-order valence-corrected chi connectivity index (χ4v) is 2.42. The number of methoxy groups -OCH3 is 2. The third-order valence-corrected chi connectivity index (χ3v) is 4.23. The second-order valence-corrected chi connectivity index (χ2v) is 6.53. The third-order valence-electron chi connectivity index (χ3n) is 4.23. The Morgan fingerprint density at radius 2 is 1.54 bits per heavy atom. The van der Waals surface area contributed by atoms with Crippen molar-refractivity contribution in [2.75, 3.05) is 31.5 Å². The number of carbonyl (C=O) groups is 2. The van der Waals surface area contributed by atoms with Crippen LogP contribution in [0.25, 0.3) is 0 Å². The fraction of sp³-hybridized carbons (Fsp3) is 0.333. The molecule has 0 saturated heterocycles. The Labute approximate surface area is 165 Å². The molecule has 2 amide bonds. The van der Waals surface area contributed by atoms with Crippen LogP contribution in [0.3, 0.4) is 0 Å². The van der Waals surface area contributed by atoms with Crippen LogP contribution in [0.4, 0.5) is 11.4 Å². The summed E-state index contributed by atoms with van der Waals surface area (Å²) in [5, 5.41) is 5.52. The zero-order valence-electron chi connectivity index (χ0n) is 16.8. The summed E-state index contributed by atoms with van der Waals surface area (Å²) < 4.78 is 16.0. The van der Waals surface area contributed by atoms with Crippen molar-refractivity contribution < 1.29 is 23.8 Å². The maximum Gasteiger partial charge on any atom is 0.239 e. The highest BCUT2D eigenvalue weighted by Crippen LogP contribution is 2.31. The van der Waals surface area contributed by atoms with E-state index in [4.69, 9.17) is 14.2 Å². The number of benzene rings is 2. The average molecular weight is 386 g/mol. The Kier molecular flexibility index (Phi) is 6.87. The van der Waals surface area contributed by atoms with Crippen molar-refractivity contribution >= 4 is 23.2 Å². The smallest absolute Gasteiger partial charge is 0.239 e. The predicted octanol–water partition coefficient (Wildman–Crippen LogP) is 3.71. The van der Waals surface area contributed by atoms with Gasteiger partial charge in [0.25, 0.3) is 0 Å². The lowest BCUT2D eigenvalue weighted by atomic mass is 9.90. The van der Waals surface area contributed by atoms with Crippen LogP contribution in [0.15, 0.2) is 42.5 Å². The number of hydrogen-bond donors (Lipinski definition) is 2. The molecule has 0 unspecified atom stereocenters. The van der Waals surface area contributed by atoms with Gasteiger partial charge in [0.15, 0.2) is 0 Å². The summed E-state index contributed by atoms with van der Waals surface area (Å²) >= 11 is 0. The van der Waals surface area contributed by atoms with Gasteiger partial charge in [0.1, 0.15) is 22.7 Å². The fourth-order valence-electron chi connectivity index (χ4n) is 2.42. The van der Waals surface area contributed by atoms with Gasteiger partial charge in [0, 0.05) is 6.07 Å².